The normalized spacial score (nSPS) is 11.0. The molecular formula is C18H19N3O. The van der Waals surface area contributed by atoms with Gasteiger partial charge in [-0.15, -0.1) is 0 Å². The first-order chi connectivity index (χ1) is 10.6. The first kappa shape index (κ1) is 14.3. The van der Waals surface area contributed by atoms with E-state index in [-0.39, 0.29) is 5.91 Å². The van der Waals surface area contributed by atoms with Crippen LogP contribution in [0.2, 0.25) is 0 Å². The number of rotatable bonds is 4. The zero-order valence-electron chi connectivity index (χ0n) is 12.9. The smallest absolute Gasteiger partial charge is 0.224 e. The van der Waals surface area contributed by atoms with Crippen molar-refractivity contribution in [2.45, 2.75) is 19.8 Å². The number of pyridine rings is 1. The number of carbonyl (C=O) groups is 1. The van der Waals surface area contributed by atoms with Gasteiger partial charge in [-0.05, 0) is 31.0 Å². The van der Waals surface area contributed by atoms with E-state index in [1.807, 2.05) is 18.5 Å². The summed E-state index contributed by atoms with van der Waals surface area (Å²) < 4.78 is 2.17. The number of carbonyl (C=O) groups excluding carboxylic acids is 1. The van der Waals surface area contributed by atoms with E-state index in [4.69, 9.17) is 0 Å². The molecular weight excluding hydrogens is 274 g/mol. The summed E-state index contributed by atoms with van der Waals surface area (Å²) in [5.74, 6) is 0.00818. The number of fused-ring (bicyclic) bond motifs is 3. The minimum atomic E-state index is 0.00818. The molecule has 0 aliphatic rings. The first-order valence-corrected chi connectivity index (χ1v) is 7.32. The van der Waals surface area contributed by atoms with Gasteiger partial charge in [0.15, 0.2) is 0 Å². The van der Waals surface area contributed by atoms with Crippen LogP contribution >= 0.6 is 0 Å². The van der Waals surface area contributed by atoms with Gasteiger partial charge in [-0.3, -0.25) is 9.78 Å². The van der Waals surface area contributed by atoms with Crippen LogP contribution in [0.15, 0.2) is 48.9 Å². The van der Waals surface area contributed by atoms with Gasteiger partial charge in [0.05, 0.1) is 5.52 Å². The predicted octanol–water partition coefficient (Wildman–Crippen LogP) is 3.31. The molecule has 1 amide bonds. The van der Waals surface area contributed by atoms with E-state index in [1.165, 1.54) is 16.4 Å². The summed E-state index contributed by atoms with van der Waals surface area (Å²) in [5.41, 5.74) is 4.17. The largest absolute Gasteiger partial charge is 0.344 e. The van der Waals surface area contributed by atoms with Gasteiger partial charge in [-0.25, -0.2) is 0 Å². The standard InChI is InChI=1S/C18H19N3O/c1-12(2)20-18(22)7-5-13-4-6-14-15-11-19-9-8-16(15)21(3)17(14)10-13/h4,6,8-11H,1,5,7H2,2-3H3,(H,20,22). The van der Waals surface area contributed by atoms with Crippen molar-refractivity contribution in [1.82, 2.24) is 14.9 Å². The molecule has 4 nitrogen and oxygen atoms in total. The lowest BCUT2D eigenvalue weighted by molar-refractivity contribution is -0.120. The van der Waals surface area contributed by atoms with Gasteiger partial charge in [0.1, 0.15) is 0 Å². The van der Waals surface area contributed by atoms with Crippen LogP contribution in [0.1, 0.15) is 18.9 Å². The van der Waals surface area contributed by atoms with E-state index in [0.29, 0.717) is 12.1 Å². The van der Waals surface area contributed by atoms with E-state index in [9.17, 15) is 4.79 Å². The number of hydrogen-bond donors (Lipinski definition) is 1. The third kappa shape index (κ3) is 2.60. The number of aromatic nitrogens is 2. The third-order valence-corrected chi connectivity index (χ3v) is 3.87. The van der Waals surface area contributed by atoms with Gasteiger partial charge in [0.2, 0.25) is 5.91 Å². The van der Waals surface area contributed by atoms with Gasteiger partial charge in [-0.2, -0.15) is 0 Å². The highest BCUT2D eigenvalue weighted by molar-refractivity contribution is 6.07. The lowest BCUT2D eigenvalue weighted by Crippen LogP contribution is -2.20. The molecule has 0 fully saturated rings. The molecule has 22 heavy (non-hydrogen) atoms. The molecule has 2 aromatic heterocycles. The highest BCUT2D eigenvalue weighted by Gasteiger charge is 2.09. The Kier molecular flexibility index (Phi) is 3.67. The number of amides is 1. The Morgan fingerprint density at radius 1 is 1.27 bits per heavy atom. The number of hydrogen-bond acceptors (Lipinski definition) is 2. The van der Waals surface area contributed by atoms with Gasteiger partial charge in [0, 0.05) is 47.8 Å². The number of allylic oxidation sites excluding steroid dienone is 1. The van der Waals surface area contributed by atoms with E-state index in [2.05, 4.69) is 46.7 Å². The molecule has 3 rings (SSSR count). The molecule has 2 heterocycles. The minimum Gasteiger partial charge on any atom is -0.344 e. The van der Waals surface area contributed by atoms with Gasteiger partial charge in [0.25, 0.3) is 0 Å². The summed E-state index contributed by atoms with van der Waals surface area (Å²) in [7, 11) is 2.06. The molecule has 0 saturated heterocycles. The van der Waals surface area contributed by atoms with Crippen LogP contribution in [0.25, 0.3) is 21.8 Å². The summed E-state index contributed by atoms with van der Waals surface area (Å²) in [6.07, 6.45) is 4.89. The number of benzene rings is 1. The Morgan fingerprint density at radius 3 is 2.86 bits per heavy atom. The van der Waals surface area contributed by atoms with Crippen molar-refractivity contribution in [3.05, 3.63) is 54.5 Å². The monoisotopic (exact) mass is 293 g/mol. The Balaban J connectivity index is 1.90. The van der Waals surface area contributed by atoms with Crippen LogP contribution in [0.4, 0.5) is 0 Å². The fraction of sp³-hybridized carbons (Fsp3) is 0.222. The molecule has 0 atom stereocenters. The van der Waals surface area contributed by atoms with Gasteiger partial charge in [-0.1, -0.05) is 18.7 Å². The van der Waals surface area contributed by atoms with E-state index in [0.717, 1.165) is 17.4 Å². The molecule has 1 N–H and O–H groups in total. The second-order valence-corrected chi connectivity index (χ2v) is 5.63. The summed E-state index contributed by atoms with van der Waals surface area (Å²) in [6, 6.07) is 8.38. The second-order valence-electron chi connectivity index (χ2n) is 5.63. The van der Waals surface area contributed by atoms with E-state index in [1.54, 1.807) is 6.92 Å². The number of nitrogens with one attached hydrogen (secondary N) is 1. The molecule has 0 aliphatic carbocycles. The lowest BCUT2D eigenvalue weighted by atomic mass is 10.1. The molecule has 4 heteroatoms. The predicted molar refractivity (Wildman–Crippen MR) is 89.5 cm³/mol. The van der Waals surface area contributed by atoms with Crippen LogP contribution in [-0.2, 0) is 18.3 Å². The Hall–Kier alpha value is -2.62. The average Bonchev–Trinajstić information content (AvgIpc) is 2.78. The quantitative estimate of drug-likeness (QED) is 0.802. The van der Waals surface area contributed by atoms with Gasteiger partial charge < -0.3 is 9.88 Å². The van der Waals surface area contributed by atoms with Crippen molar-refractivity contribution in [2.75, 3.05) is 0 Å². The van der Waals surface area contributed by atoms with Crippen molar-refractivity contribution < 1.29 is 4.79 Å². The SMILES string of the molecule is C=C(C)NC(=O)CCc1ccc2c3cnccc3n(C)c2c1. The van der Waals surface area contributed by atoms with Gasteiger partial charge >= 0.3 is 0 Å². The molecule has 1 aromatic carbocycles. The molecule has 0 spiro atoms. The zero-order valence-corrected chi connectivity index (χ0v) is 12.9. The molecule has 0 radical (unpaired) electrons. The molecule has 112 valence electrons. The highest BCUT2D eigenvalue weighted by atomic mass is 16.1. The number of aryl methyl sites for hydroxylation is 2. The maximum Gasteiger partial charge on any atom is 0.224 e. The van der Waals surface area contributed by atoms with Crippen LogP contribution in [0, 0.1) is 0 Å². The summed E-state index contributed by atoms with van der Waals surface area (Å²) in [6.45, 7) is 5.47. The zero-order chi connectivity index (χ0) is 15.7. The fourth-order valence-corrected chi connectivity index (χ4v) is 2.81. The molecule has 0 unspecified atom stereocenters. The van der Waals surface area contributed by atoms with Crippen molar-refractivity contribution >= 4 is 27.7 Å². The minimum absolute atomic E-state index is 0.00818. The van der Waals surface area contributed by atoms with E-state index < -0.39 is 0 Å². The van der Waals surface area contributed by atoms with E-state index >= 15 is 0 Å². The van der Waals surface area contributed by atoms with Crippen molar-refractivity contribution in [2.24, 2.45) is 7.05 Å². The van der Waals surface area contributed by atoms with Crippen LogP contribution in [0.3, 0.4) is 0 Å². The van der Waals surface area contributed by atoms with Crippen LogP contribution < -0.4 is 5.32 Å². The molecule has 3 aromatic rings. The molecule has 0 aliphatic heterocycles. The Labute approximate surface area is 129 Å². The maximum atomic E-state index is 11.7. The Bertz CT molecular complexity index is 877. The summed E-state index contributed by atoms with van der Waals surface area (Å²) in [5, 5.41) is 5.09. The average molecular weight is 293 g/mol. The Morgan fingerprint density at radius 2 is 2.09 bits per heavy atom. The molecule has 0 saturated carbocycles. The lowest BCUT2D eigenvalue weighted by Gasteiger charge is -2.05. The maximum absolute atomic E-state index is 11.7. The first-order valence-electron chi connectivity index (χ1n) is 7.32. The van der Waals surface area contributed by atoms with Crippen LogP contribution in [-0.4, -0.2) is 15.5 Å². The summed E-state index contributed by atoms with van der Waals surface area (Å²) >= 11 is 0. The second kappa shape index (κ2) is 5.64. The topological polar surface area (TPSA) is 46.9 Å². The number of nitrogens with zero attached hydrogens (tertiary/aromatic N) is 2. The van der Waals surface area contributed by atoms with Crippen molar-refractivity contribution in [3.63, 3.8) is 0 Å². The van der Waals surface area contributed by atoms with Crippen LogP contribution in [0.5, 0.6) is 0 Å². The summed E-state index contributed by atoms with van der Waals surface area (Å²) in [4.78, 5) is 15.9. The van der Waals surface area contributed by atoms with Crippen molar-refractivity contribution in [3.8, 4) is 0 Å². The third-order valence-electron chi connectivity index (χ3n) is 3.87. The highest BCUT2D eigenvalue weighted by Crippen LogP contribution is 2.28. The van der Waals surface area contributed by atoms with Crippen molar-refractivity contribution in [1.29, 1.82) is 0 Å². The molecule has 0 bridgehead atoms. The fourth-order valence-electron chi connectivity index (χ4n) is 2.81.